The number of carbonyl (C=O) groups excluding carboxylic acids is 1. The van der Waals surface area contributed by atoms with E-state index >= 15 is 0 Å². The van der Waals surface area contributed by atoms with Gasteiger partial charge in [-0.3, -0.25) is 4.79 Å². The van der Waals surface area contributed by atoms with Crippen molar-refractivity contribution in [1.29, 1.82) is 0 Å². The molecule has 1 amide bonds. The minimum absolute atomic E-state index is 0.0522. The van der Waals surface area contributed by atoms with Gasteiger partial charge in [-0.2, -0.15) is 0 Å². The third-order valence-electron chi connectivity index (χ3n) is 3.04. The second kappa shape index (κ2) is 6.01. The van der Waals surface area contributed by atoms with Gasteiger partial charge < -0.3 is 11.1 Å². The molecule has 1 atom stereocenters. The number of amides is 1. The van der Waals surface area contributed by atoms with Crippen molar-refractivity contribution >= 4 is 5.91 Å². The fourth-order valence-corrected chi connectivity index (χ4v) is 2.14. The highest BCUT2D eigenvalue weighted by Gasteiger charge is 2.26. The smallest absolute Gasteiger partial charge is 0.251 e. The number of hydrogen-bond donors (Lipinski definition) is 2. The third kappa shape index (κ3) is 4.15. The molecule has 0 aliphatic heterocycles. The maximum Gasteiger partial charge on any atom is 0.251 e. The lowest BCUT2D eigenvalue weighted by Gasteiger charge is -2.31. The van der Waals surface area contributed by atoms with Gasteiger partial charge in [-0.15, -0.1) is 0 Å². The lowest BCUT2D eigenvalue weighted by molar-refractivity contribution is 0.0898. The van der Waals surface area contributed by atoms with Crippen LogP contribution in [0.4, 0.5) is 0 Å². The third-order valence-corrected chi connectivity index (χ3v) is 3.04. The molecule has 0 saturated carbocycles. The summed E-state index contributed by atoms with van der Waals surface area (Å²) in [6.07, 6.45) is 0.876. The Balaban J connectivity index is 2.76. The van der Waals surface area contributed by atoms with Crippen molar-refractivity contribution < 1.29 is 4.79 Å². The minimum Gasteiger partial charge on any atom is -0.346 e. The molecule has 3 heteroatoms. The second-order valence-corrected chi connectivity index (χ2v) is 5.68. The average molecular weight is 248 g/mol. The number of rotatable bonds is 5. The van der Waals surface area contributed by atoms with Crippen molar-refractivity contribution in [3.63, 3.8) is 0 Å². The van der Waals surface area contributed by atoms with Gasteiger partial charge in [0.05, 0.1) is 0 Å². The number of nitrogens with two attached hydrogens (primary N) is 1. The Labute approximate surface area is 110 Å². The van der Waals surface area contributed by atoms with Crippen molar-refractivity contribution in [3.05, 3.63) is 35.4 Å². The van der Waals surface area contributed by atoms with E-state index in [2.05, 4.69) is 19.2 Å². The van der Waals surface area contributed by atoms with Crippen LogP contribution < -0.4 is 11.1 Å². The summed E-state index contributed by atoms with van der Waals surface area (Å²) in [7, 11) is 0. The van der Waals surface area contributed by atoms with E-state index in [1.54, 1.807) is 0 Å². The number of carbonyl (C=O) groups is 1. The fourth-order valence-electron chi connectivity index (χ4n) is 2.14. The summed E-state index contributed by atoms with van der Waals surface area (Å²) in [6.45, 7) is 8.71. The van der Waals surface area contributed by atoms with Crippen LogP contribution in [0.2, 0.25) is 0 Å². The first-order chi connectivity index (χ1) is 8.36. The van der Waals surface area contributed by atoms with Gasteiger partial charge in [0.2, 0.25) is 0 Å². The Morgan fingerprint density at radius 3 is 2.33 bits per heavy atom. The van der Waals surface area contributed by atoms with Crippen LogP contribution in [0.15, 0.2) is 24.3 Å². The van der Waals surface area contributed by atoms with Gasteiger partial charge in [0, 0.05) is 17.6 Å². The molecule has 0 aliphatic rings. The first-order valence-corrected chi connectivity index (χ1v) is 6.45. The van der Waals surface area contributed by atoms with Crippen LogP contribution in [0.25, 0.3) is 0 Å². The highest BCUT2D eigenvalue weighted by molar-refractivity contribution is 5.94. The molecule has 1 unspecified atom stereocenters. The van der Waals surface area contributed by atoms with E-state index in [1.807, 2.05) is 38.1 Å². The van der Waals surface area contributed by atoms with Gasteiger partial charge in [0.1, 0.15) is 0 Å². The van der Waals surface area contributed by atoms with Crippen LogP contribution >= 0.6 is 0 Å². The molecule has 3 N–H and O–H groups in total. The molecule has 0 bridgehead atoms. The normalized spacial score (nSPS) is 14.3. The summed E-state index contributed by atoms with van der Waals surface area (Å²) < 4.78 is 0. The van der Waals surface area contributed by atoms with Crippen molar-refractivity contribution in [2.45, 2.75) is 39.7 Å². The minimum atomic E-state index is -0.337. The van der Waals surface area contributed by atoms with Crippen LogP contribution in [-0.4, -0.2) is 18.0 Å². The van der Waals surface area contributed by atoms with E-state index in [4.69, 9.17) is 5.73 Å². The van der Waals surface area contributed by atoms with Crippen molar-refractivity contribution in [3.8, 4) is 0 Å². The van der Waals surface area contributed by atoms with Crippen LogP contribution in [0.5, 0.6) is 0 Å². The zero-order valence-electron chi connectivity index (χ0n) is 11.8. The van der Waals surface area contributed by atoms with Crippen molar-refractivity contribution in [2.24, 2.45) is 11.7 Å². The molecule has 1 aromatic carbocycles. The Bertz CT molecular complexity index is 397. The number of hydrogen-bond acceptors (Lipinski definition) is 2. The number of aryl methyl sites for hydroxylation is 1. The van der Waals surface area contributed by atoms with E-state index in [9.17, 15) is 4.79 Å². The molecule has 0 radical (unpaired) electrons. The fraction of sp³-hybridized carbons (Fsp3) is 0.533. The lowest BCUT2D eigenvalue weighted by atomic mass is 9.90. The molecule has 0 heterocycles. The summed E-state index contributed by atoms with van der Waals surface area (Å²) in [5, 5.41) is 3.05. The molecule has 0 aliphatic carbocycles. The number of benzene rings is 1. The second-order valence-electron chi connectivity index (χ2n) is 5.68. The molecule has 0 saturated heterocycles. The highest BCUT2D eigenvalue weighted by atomic mass is 16.1. The maximum atomic E-state index is 12.1. The molecule has 1 rings (SSSR count). The zero-order chi connectivity index (χ0) is 13.8. The van der Waals surface area contributed by atoms with Crippen LogP contribution in [0, 0.1) is 12.8 Å². The SMILES string of the molecule is Cc1ccc(C(=O)NC(C)(CN)CC(C)C)cc1. The van der Waals surface area contributed by atoms with Gasteiger partial charge in [-0.1, -0.05) is 31.5 Å². The van der Waals surface area contributed by atoms with Crippen molar-refractivity contribution in [1.82, 2.24) is 5.32 Å². The number of nitrogens with one attached hydrogen (secondary N) is 1. The van der Waals surface area contributed by atoms with E-state index in [-0.39, 0.29) is 11.4 Å². The molecule has 0 fully saturated rings. The summed E-state index contributed by atoms with van der Waals surface area (Å²) >= 11 is 0. The van der Waals surface area contributed by atoms with Gasteiger partial charge in [0.25, 0.3) is 5.91 Å². The van der Waals surface area contributed by atoms with E-state index in [0.29, 0.717) is 18.0 Å². The quantitative estimate of drug-likeness (QED) is 0.841. The molecular weight excluding hydrogens is 224 g/mol. The first-order valence-electron chi connectivity index (χ1n) is 6.45. The summed E-state index contributed by atoms with van der Waals surface area (Å²) in [5.41, 5.74) is 7.29. The molecule has 0 spiro atoms. The molecule has 100 valence electrons. The van der Waals surface area contributed by atoms with Crippen LogP contribution in [-0.2, 0) is 0 Å². The first kappa shape index (κ1) is 14.7. The molecule has 18 heavy (non-hydrogen) atoms. The highest BCUT2D eigenvalue weighted by Crippen LogP contribution is 2.16. The maximum absolute atomic E-state index is 12.1. The standard InChI is InChI=1S/C15H24N2O/c1-11(2)9-15(4,10-16)17-14(18)13-7-5-12(3)6-8-13/h5-8,11H,9-10,16H2,1-4H3,(H,17,18). The van der Waals surface area contributed by atoms with Gasteiger partial charge in [-0.25, -0.2) is 0 Å². The molecular formula is C15H24N2O. The van der Waals surface area contributed by atoms with Crippen molar-refractivity contribution in [2.75, 3.05) is 6.54 Å². The molecule has 3 nitrogen and oxygen atoms in total. The van der Waals surface area contributed by atoms with E-state index in [1.165, 1.54) is 0 Å². The van der Waals surface area contributed by atoms with E-state index in [0.717, 1.165) is 12.0 Å². The average Bonchev–Trinajstić information content (AvgIpc) is 2.28. The summed E-state index contributed by atoms with van der Waals surface area (Å²) in [6, 6.07) is 7.57. The lowest BCUT2D eigenvalue weighted by Crippen LogP contribution is -2.52. The van der Waals surface area contributed by atoms with Gasteiger partial charge in [0.15, 0.2) is 0 Å². The Hall–Kier alpha value is -1.35. The predicted molar refractivity (Wildman–Crippen MR) is 75.6 cm³/mol. The monoisotopic (exact) mass is 248 g/mol. The van der Waals surface area contributed by atoms with E-state index < -0.39 is 0 Å². The topological polar surface area (TPSA) is 55.1 Å². The molecule has 0 aromatic heterocycles. The zero-order valence-corrected chi connectivity index (χ0v) is 11.8. The Morgan fingerprint density at radius 1 is 1.33 bits per heavy atom. The van der Waals surface area contributed by atoms with Crippen LogP contribution in [0.1, 0.15) is 43.1 Å². The molecule has 1 aromatic rings. The Morgan fingerprint density at radius 2 is 1.89 bits per heavy atom. The van der Waals surface area contributed by atoms with Gasteiger partial charge in [-0.05, 0) is 38.3 Å². The van der Waals surface area contributed by atoms with Gasteiger partial charge >= 0.3 is 0 Å². The van der Waals surface area contributed by atoms with Crippen LogP contribution in [0.3, 0.4) is 0 Å². The Kier molecular flexibility index (Phi) is 4.91. The summed E-state index contributed by atoms with van der Waals surface area (Å²) in [4.78, 5) is 12.1. The summed E-state index contributed by atoms with van der Waals surface area (Å²) in [5.74, 6) is 0.445. The predicted octanol–water partition coefficient (Wildman–Crippen LogP) is 2.49. The largest absolute Gasteiger partial charge is 0.346 e.